The third-order valence-corrected chi connectivity index (χ3v) is 7.78. The molecule has 2 N–H and O–H groups in total. The van der Waals surface area contributed by atoms with Gasteiger partial charge in [-0.25, -0.2) is 13.2 Å². The van der Waals surface area contributed by atoms with E-state index in [1.54, 1.807) is 54.6 Å². The van der Waals surface area contributed by atoms with E-state index < -0.39 is 44.8 Å². The lowest BCUT2D eigenvalue weighted by Crippen LogP contribution is -2.53. The van der Waals surface area contributed by atoms with Crippen molar-refractivity contribution >= 4 is 27.8 Å². The summed E-state index contributed by atoms with van der Waals surface area (Å²) >= 11 is 0. The number of benzene rings is 2. The minimum Gasteiger partial charge on any atom is -0.444 e. The molecule has 0 aromatic heterocycles. The maximum Gasteiger partial charge on any atom is 0.424 e. The summed E-state index contributed by atoms with van der Waals surface area (Å²) in [7, 11) is -4.58. The Labute approximate surface area is 209 Å². The molecule has 1 aliphatic heterocycles. The van der Waals surface area contributed by atoms with Crippen molar-refractivity contribution in [2.75, 3.05) is 13.1 Å². The lowest BCUT2D eigenvalue weighted by Gasteiger charge is -2.34. The van der Waals surface area contributed by atoms with Crippen molar-refractivity contribution in [3.8, 4) is 0 Å². The number of Topliss-reactive ketones (excluding diaryl/α,β-unsaturated/α-hetero) is 1. The van der Waals surface area contributed by atoms with E-state index in [0.29, 0.717) is 34.8 Å². The minimum atomic E-state index is -4.58. The zero-order valence-corrected chi connectivity index (χ0v) is 20.3. The smallest absolute Gasteiger partial charge is 0.424 e. The van der Waals surface area contributed by atoms with E-state index in [2.05, 4.69) is 10.6 Å². The van der Waals surface area contributed by atoms with Crippen LogP contribution in [0, 0.1) is 0 Å². The Morgan fingerprint density at radius 2 is 1.75 bits per heavy atom. The molecular formula is C26H27N3O6S. The van der Waals surface area contributed by atoms with Crippen LogP contribution in [0.3, 0.4) is 0 Å². The summed E-state index contributed by atoms with van der Waals surface area (Å²) in [6.07, 6.45) is 3.97. The quantitative estimate of drug-likeness (QED) is 0.588. The number of nitrogens with zero attached hydrogens (tertiary/aromatic N) is 1. The van der Waals surface area contributed by atoms with Gasteiger partial charge in [0.25, 0.3) is 15.9 Å². The molecular weight excluding hydrogens is 482 g/mol. The first kappa shape index (κ1) is 25.3. The maximum atomic E-state index is 13.7. The van der Waals surface area contributed by atoms with Gasteiger partial charge in [0.15, 0.2) is 0 Å². The number of amides is 2. The van der Waals surface area contributed by atoms with Crippen LogP contribution in [-0.4, -0.2) is 55.7 Å². The monoisotopic (exact) mass is 509 g/mol. The lowest BCUT2D eigenvalue weighted by molar-refractivity contribution is -0.115. The van der Waals surface area contributed by atoms with Crippen molar-refractivity contribution < 1.29 is 27.5 Å². The average Bonchev–Trinajstić information content (AvgIpc) is 2.90. The van der Waals surface area contributed by atoms with Crippen LogP contribution in [0.1, 0.15) is 28.8 Å². The van der Waals surface area contributed by atoms with Crippen LogP contribution in [0.2, 0.25) is 0 Å². The largest absolute Gasteiger partial charge is 0.444 e. The van der Waals surface area contributed by atoms with Crippen LogP contribution in [0.5, 0.6) is 0 Å². The summed E-state index contributed by atoms with van der Waals surface area (Å²) in [6.45, 7) is 0.820. The van der Waals surface area contributed by atoms with Crippen LogP contribution in [-0.2, 0) is 26.2 Å². The molecule has 1 fully saturated rings. The molecule has 2 aromatic carbocycles. The van der Waals surface area contributed by atoms with E-state index in [4.69, 9.17) is 4.74 Å². The Hall–Kier alpha value is -3.76. The fraction of sp³-hybridized carbons (Fsp3) is 0.269. The number of hydrogen-bond donors (Lipinski definition) is 2. The van der Waals surface area contributed by atoms with Crippen molar-refractivity contribution in [1.29, 1.82) is 0 Å². The molecule has 0 saturated carbocycles. The summed E-state index contributed by atoms with van der Waals surface area (Å²) < 4.78 is 33.4. The molecule has 2 aliphatic rings. The summed E-state index contributed by atoms with van der Waals surface area (Å²) in [4.78, 5) is 38.3. The van der Waals surface area contributed by atoms with E-state index in [9.17, 15) is 22.8 Å². The molecule has 9 nitrogen and oxygen atoms in total. The molecule has 1 aliphatic carbocycles. The highest BCUT2D eigenvalue weighted by Crippen LogP contribution is 2.25. The van der Waals surface area contributed by atoms with Crippen LogP contribution in [0.25, 0.3) is 0 Å². The molecule has 10 heteroatoms. The lowest BCUT2D eigenvalue weighted by atomic mass is 10.1. The van der Waals surface area contributed by atoms with Gasteiger partial charge in [0.05, 0.1) is 6.04 Å². The van der Waals surface area contributed by atoms with Gasteiger partial charge in [-0.3, -0.25) is 9.59 Å². The fourth-order valence-corrected chi connectivity index (χ4v) is 5.75. The normalized spacial score (nSPS) is 19.8. The van der Waals surface area contributed by atoms with Crippen molar-refractivity contribution in [3.05, 3.63) is 94.9 Å². The molecule has 2 aromatic rings. The molecule has 2 unspecified atom stereocenters. The SMILES string of the molecule is O=C(NC1C=CC=C(S(=O)(=O)N(C(=O)OCc2ccccc2)C2CCCNC2)C1=O)c1ccccc1. The van der Waals surface area contributed by atoms with Gasteiger partial charge in [-0.15, -0.1) is 0 Å². The second-order valence-electron chi connectivity index (χ2n) is 8.44. The molecule has 0 radical (unpaired) electrons. The maximum absolute atomic E-state index is 13.7. The summed E-state index contributed by atoms with van der Waals surface area (Å²) in [6, 6.07) is 15.3. The third-order valence-electron chi connectivity index (χ3n) is 5.92. The van der Waals surface area contributed by atoms with Crippen LogP contribution < -0.4 is 10.6 Å². The van der Waals surface area contributed by atoms with Crippen LogP contribution in [0.15, 0.2) is 83.8 Å². The molecule has 36 heavy (non-hydrogen) atoms. The Bertz CT molecular complexity index is 1270. The van der Waals surface area contributed by atoms with Crippen molar-refractivity contribution in [2.45, 2.75) is 31.5 Å². The van der Waals surface area contributed by atoms with Gasteiger partial charge in [-0.05, 0) is 43.2 Å². The van der Waals surface area contributed by atoms with Crippen molar-refractivity contribution in [2.24, 2.45) is 0 Å². The number of sulfonamides is 1. The molecule has 0 spiro atoms. The zero-order valence-electron chi connectivity index (χ0n) is 19.5. The van der Waals surface area contributed by atoms with Gasteiger partial charge in [0.2, 0.25) is 5.78 Å². The highest BCUT2D eigenvalue weighted by Gasteiger charge is 2.43. The first-order valence-corrected chi connectivity index (χ1v) is 13.1. The molecule has 1 heterocycles. The molecule has 2 amide bonds. The number of piperidine rings is 1. The molecule has 188 valence electrons. The van der Waals surface area contributed by atoms with Gasteiger partial charge in [-0.2, -0.15) is 4.31 Å². The molecule has 2 atom stereocenters. The van der Waals surface area contributed by atoms with E-state index in [-0.39, 0.29) is 13.2 Å². The molecule has 4 rings (SSSR count). The fourth-order valence-electron chi connectivity index (χ4n) is 4.08. The number of carbonyl (C=O) groups excluding carboxylic acids is 3. The van der Waals surface area contributed by atoms with Gasteiger partial charge in [0.1, 0.15) is 17.6 Å². The third kappa shape index (κ3) is 5.72. The van der Waals surface area contributed by atoms with E-state index in [1.807, 2.05) is 6.07 Å². The van der Waals surface area contributed by atoms with Gasteiger partial charge in [0, 0.05) is 12.1 Å². The topological polar surface area (TPSA) is 122 Å². The summed E-state index contributed by atoms with van der Waals surface area (Å²) in [5.74, 6) is -1.35. The Morgan fingerprint density at radius 1 is 1.06 bits per heavy atom. The first-order chi connectivity index (χ1) is 17.4. The predicted octanol–water partition coefficient (Wildman–Crippen LogP) is 2.53. The van der Waals surface area contributed by atoms with Gasteiger partial charge >= 0.3 is 6.09 Å². The number of hydrogen-bond acceptors (Lipinski definition) is 7. The average molecular weight is 510 g/mol. The van der Waals surface area contributed by atoms with E-state index in [0.717, 1.165) is 6.08 Å². The zero-order chi connectivity index (χ0) is 25.5. The van der Waals surface area contributed by atoms with Crippen molar-refractivity contribution in [1.82, 2.24) is 14.9 Å². The Balaban J connectivity index is 1.56. The number of nitrogens with one attached hydrogen (secondary N) is 2. The van der Waals surface area contributed by atoms with E-state index >= 15 is 0 Å². The number of ketones is 1. The summed E-state index contributed by atoms with van der Waals surface area (Å²) in [5, 5.41) is 5.65. The number of ether oxygens (including phenoxy) is 1. The standard InChI is InChI=1S/C26H27N3O6S/c30-24-22(28-25(31)20-11-5-2-6-12-20)14-7-15-23(24)36(33,34)29(21-13-8-16-27-17-21)26(32)35-18-19-9-3-1-4-10-19/h1-7,9-12,14-15,21-22,27H,8,13,16-18H2,(H,28,31). The second kappa shape index (κ2) is 11.3. The van der Waals surface area contributed by atoms with E-state index in [1.165, 1.54) is 12.2 Å². The van der Waals surface area contributed by atoms with Gasteiger partial charge in [-0.1, -0.05) is 60.7 Å². The Kier molecular flexibility index (Phi) is 7.97. The van der Waals surface area contributed by atoms with Crippen molar-refractivity contribution in [3.63, 3.8) is 0 Å². The summed E-state index contributed by atoms with van der Waals surface area (Å²) in [5.41, 5.74) is 1.03. The second-order valence-corrected chi connectivity index (χ2v) is 10.2. The predicted molar refractivity (Wildman–Crippen MR) is 133 cm³/mol. The first-order valence-electron chi connectivity index (χ1n) is 11.6. The number of allylic oxidation sites excluding steroid dienone is 2. The number of carbonyl (C=O) groups is 3. The van der Waals surface area contributed by atoms with Crippen LogP contribution in [0.4, 0.5) is 4.79 Å². The highest BCUT2D eigenvalue weighted by molar-refractivity contribution is 7.94. The Morgan fingerprint density at radius 3 is 2.42 bits per heavy atom. The van der Waals surface area contributed by atoms with Gasteiger partial charge < -0.3 is 15.4 Å². The molecule has 0 bridgehead atoms. The van der Waals surface area contributed by atoms with Crippen LogP contribution >= 0.6 is 0 Å². The minimum absolute atomic E-state index is 0.117. The number of rotatable bonds is 7. The molecule has 1 saturated heterocycles. The highest BCUT2D eigenvalue weighted by atomic mass is 32.2.